The van der Waals surface area contributed by atoms with E-state index in [0.29, 0.717) is 5.56 Å². The van der Waals surface area contributed by atoms with Crippen molar-refractivity contribution in [2.75, 3.05) is 12.3 Å². The van der Waals surface area contributed by atoms with Gasteiger partial charge in [0.25, 0.3) is 17.5 Å². The van der Waals surface area contributed by atoms with E-state index < -0.39 is 69.1 Å². The topological polar surface area (TPSA) is 289 Å². The number of thiazole rings is 1. The summed E-state index contributed by atoms with van der Waals surface area (Å²) in [6, 6.07) is 1.93. The molecule has 22 heteroatoms. The molecule has 1 aliphatic heterocycles. The van der Waals surface area contributed by atoms with Crippen molar-refractivity contribution < 1.29 is 80.9 Å². The maximum atomic E-state index is 13.1. The number of carbonyl (C=O) groups is 4. The summed E-state index contributed by atoms with van der Waals surface area (Å²) in [7, 11) is -5.33. The molecule has 1 aliphatic rings. The van der Waals surface area contributed by atoms with Crippen molar-refractivity contribution in [2.24, 2.45) is 10.9 Å². The van der Waals surface area contributed by atoms with Crippen molar-refractivity contribution in [3.63, 3.8) is 0 Å². The number of β-lactam (4-membered cyclic amide) rings is 1. The fourth-order valence-corrected chi connectivity index (χ4v) is 4.72. The molecule has 2 atom stereocenters. The summed E-state index contributed by atoms with van der Waals surface area (Å²) in [5.41, 5.74) is 8.19. The summed E-state index contributed by atoms with van der Waals surface area (Å²) in [4.78, 5) is 68.5. The van der Waals surface area contributed by atoms with E-state index in [9.17, 15) is 42.3 Å². The van der Waals surface area contributed by atoms with Crippen molar-refractivity contribution in [3.05, 3.63) is 51.0 Å². The van der Waals surface area contributed by atoms with Crippen LogP contribution in [0, 0.1) is 10.1 Å². The summed E-state index contributed by atoms with van der Waals surface area (Å²) in [5.74, 6) is -3.44. The number of nitrogens with one attached hydrogen (secondary N) is 1. The minimum absolute atomic E-state index is 0. The third-order valence-electron chi connectivity index (χ3n) is 5.45. The molecule has 5 N–H and O–H groups in total. The van der Waals surface area contributed by atoms with Crippen LogP contribution in [0.1, 0.15) is 25.1 Å². The molecule has 2 aromatic rings. The maximum absolute atomic E-state index is 13.1. The number of primary amides is 1. The molecule has 0 aliphatic carbocycles. The van der Waals surface area contributed by atoms with Crippen LogP contribution in [0.5, 0.6) is 0 Å². The Hall–Kier alpha value is -3.89. The van der Waals surface area contributed by atoms with Crippen LogP contribution in [-0.4, -0.2) is 81.1 Å². The van der Waals surface area contributed by atoms with Crippen molar-refractivity contribution in [1.29, 1.82) is 0 Å². The van der Waals surface area contributed by atoms with E-state index in [1.807, 2.05) is 0 Å². The molecule has 1 aromatic heterocycles. The van der Waals surface area contributed by atoms with E-state index in [1.165, 1.54) is 43.5 Å². The molecule has 43 heavy (non-hydrogen) atoms. The monoisotopic (exact) mass is 651 g/mol. The van der Waals surface area contributed by atoms with Crippen LogP contribution in [0.15, 0.2) is 34.8 Å². The van der Waals surface area contributed by atoms with E-state index in [0.717, 1.165) is 11.3 Å². The average molecular weight is 652 g/mol. The van der Waals surface area contributed by atoms with Crippen LogP contribution >= 0.6 is 11.3 Å². The molecule has 0 radical (unpaired) electrons. The fourth-order valence-electron chi connectivity index (χ4n) is 3.33. The Morgan fingerprint density at radius 3 is 2.37 bits per heavy atom. The molecule has 1 saturated heterocycles. The number of nitrogen functional groups attached to an aromatic ring is 1. The molecular weight excluding hydrogens is 629 g/mol. The van der Waals surface area contributed by atoms with Crippen LogP contribution < -0.4 is 46.3 Å². The number of amides is 3. The number of nitrogens with zero attached hydrogens (tertiary/aromatic N) is 4. The first-order chi connectivity index (χ1) is 19.5. The number of benzene rings is 1. The van der Waals surface area contributed by atoms with Gasteiger partial charge in [-0.3, -0.25) is 19.7 Å². The molecule has 0 saturated carbocycles. The Kier molecular flexibility index (Phi) is 11.5. The van der Waals surface area contributed by atoms with Crippen LogP contribution in [0.25, 0.3) is 0 Å². The second kappa shape index (κ2) is 14.1. The Labute approximate surface area is 268 Å². The summed E-state index contributed by atoms with van der Waals surface area (Å²) in [6.07, 6.45) is -1.33. The second-order valence-electron chi connectivity index (χ2n) is 8.85. The number of rotatable bonds is 12. The number of oxime groups is 1. The Balaban J connectivity index is 0.00000645. The van der Waals surface area contributed by atoms with Gasteiger partial charge in [0.05, 0.1) is 4.92 Å². The third kappa shape index (κ3) is 8.81. The zero-order chi connectivity index (χ0) is 31.4. The maximum Gasteiger partial charge on any atom is 1.00 e. The summed E-state index contributed by atoms with van der Waals surface area (Å²) in [6.45, 7) is 1.39. The quantitative estimate of drug-likeness (QED) is 0.0376. The number of hydrogen-bond donors (Lipinski definition) is 3. The van der Waals surface area contributed by atoms with Gasteiger partial charge in [0.2, 0.25) is 5.60 Å². The molecule has 0 unspecified atom stereocenters. The zero-order valence-corrected chi connectivity index (χ0v) is 26.2. The van der Waals surface area contributed by atoms with Gasteiger partial charge in [0.15, 0.2) is 21.1 Å². The third-order valence-corrected chi connectivity index (χ3v) is 7.05. The van der Waals surface area contributed by atoms with Crippen molar-refractivity contribution in [2.45, 2.75) is 38.1 Å². The predicted octanol–water partition coefficient (Wildman–Crippen LogP) is -3.87. The number of ether oxygens (including phenoxy) is 2. The largest absolute Gasteiger partial charge is 1.00 e. The van der Waals surface area contributed by atoms with Crippen LogP contribution in [0.4, 0.5) is 15.6 Å². The van der Waals surface area contributed by atoms with Gasteiger partial charge in [-0.15, -0.1) is 11.3 Å². The Morgan fingerprint density at radius 2 is 1.86 bits per heavy atom. The molecule has 3 amide bonds. The van der Waals surface area contributed by atoms with Gasteiger partial charge in [-0.1, -0.05) is 5.16 Å². The Bertz CT molecular complexity index is 1550. The number of nitro benzene ring substituents is 1. The molecule has 0 spiro atoms. The molecule has 226 valence electrons. The molecule has 1 fully saturated rings. The van der Waals surface area contributed by atoms with Crippen LogP contribution in [0.2, 0.25) is 0 Å². The first kappa shape index (κ1) is 35.3. The first-order valence-electron chi connectivity index (χ1n) is 11.4. The Morgan fingerprint density at radius 1 is 1.23 bits per heavy atom. The van der Waals surface area contributed by atoms with Gasteiger partial charge >= 0.3 is 41.6 Å². The van der Waals surface area contributed by atoms with E-state index >= 15 is 0 Å². The number of nitro groups is 1. The number of esters is 1. The van der Waals surface area contributed by atoms with Crippen molar-refractivity contribution in [3.8, 4) is 0 Å². The molecule has 19 nitrogen and oxygen atoms in total. The van der Waals surface area contributed by atoms with E-state index in [4.69, 9.17) is 21.0 Å². The van der Waals surface area contributed by atoms with E-state index in [1.54, 1.807) is 0 Å². The number of anilines is 1. The summed E-state index contributed by atoms with van der Waals surface area (Å²) >= 11 is 0.902. The summed E-state index contributed by atoms with van der Waals surface area (Å²) < 4.78 is 43.9. The minimum Gasteiger partial charge on any atom is -0.731 e. The summed E-state index contributed by atoms with van der Waals surface area (Å²) in [5, 5.41) is 17.9. The zero-order valence-electron chi connectivity index (χ0n) is 22.6. The van der Waals surface area contributed by atoms with Gasteiger partial charge in [0.1, 0.15) is 31.0 Å². The normalized spacial score (nSPS) is 16.8. The van der Waals surface area contributed by atoms with Crippen LogP contribution in [-0.2, 0) is 45.6 Å². The number of hydrogen-bond acceptors (Lipinski definition) is 16. The fraction of sp³-hybridized carbons (Fsp3) is 0.333. The van der Waals surface area contributed by atoms with E-state index in [-0.39, 0.29) is 57.0 Å². The standard InChI is InChI=1S/C21H23N7O12S2.Na/c1-21(2,18(31)38-7-10-3-5-11(6-4-10)28(33)34)40-26-14(12-9-41-19(22)24-12)16(29)25-15-13(8-39-20(23)32)27(17(15)30)42(35,36)37;/h3-6,9,13,15H,7-8H2,1-2H3,(H2,22,24)(H2,23,32)(H,25,29)(H,35,36,37);/q;+1/p-1/b26-14-;/t13-,15+;/m0./s1. The number of aromatic nitrogens is 1. The van der Waals surface area contributed by atoms with Gasteiger partial charge in [-0.2, -0.15) is 0 Å². The minimum atomic E-state index is -5.33. The number of carbonyl (C=O) groups excluding carboxylic acids is 4. The molecular formula is C21H22N7NaO12S2. The number of non-ortho nitro benzene ring substituents is 1. The SMILES string of the molecule is CC(C)(O/N=C(\C(=O)N[C@H]1C(=O)N(S(=O)(=O)[O-])[C@H]1COC(N)=O)c1csc(N)n1)C(=O)OCc1ccc([N+](=O)[O-])cc1.[Na+]. The van der Waals surface area contributed by atoms with Crippen LogP contribution in [0.3, 0.4) is 0 Å². The van der Waals surface area contributed by atoms with Crippen molar-refractivity contribution >= 4 is 62.0 Å². The molecule has 3 rings (SSSR count). The van der Waals surface area contributed by atoms with Gasteiger partial charge in [-0.25, -0.2) is 27.3 Å². The predicted molar refractivity (Wildman–Crippen MR) is 139 cm³/mol. The molecule has 1 aromatic carbocycles. The first-order valence-corrected chi connectivity index (χ1v) is 13.7. The van der Waals surface area contributed by atoms with Gasteiger partial charge < -0.3 is 35.6 Å². The second-order valence-corrected chi connectivity index (χ2v) is 11.0. The average Bonchev–Trinajstić information content (AvgIpc) is 3.32. The van der Waals surface area contributed by atoms with E-state index in [2.05, 4.69) is 20.2 Å². The smallest absolute Gasteiger partial charge is 0.731 e. The van der Waals surface area contributed by atoms with Gasteiger partial charge in [-0.05, 0) is 31.5 Å². The number of nitrogens with two attached hydrogens (primary N) is 2. The van der Waals surface area contributed by atoms with Crippen molar-refractivity contribution in [1.82, 2.24) is 14.6 Å². The molecule has 2 heterocycles. The van der Waals surface area contributed by atoms with Gasteiger partial charge in [0, 0.05) is 17.5 Å². The molecule has 0 bridgehead atoms.